The Morgan fingerprint density at radius 1 is 1.44 bits per heavy atom. The maximum Gasteiger partial charge on any atom is 0.256 e. The lowest BCUT2D eigenvalue weighted by molar-refractivity contribution is -0.124. The highest BCUT2D eigenvalue weighted by Gasteiger charge is 2.22. The number of imidazole rings is 1. The van der Waals surface area contributed by atoms with Gasteiger partial charge in [-0.2, -0.15) is 0 Å². The van der Waals surface area contributed by atoms with Crippen LogP contribution in [0.1, 0.15) is 32.1 Å². The maximum atomic E-state index is 11.9. The molecule has 0 fully saturated rings. The van der Waals surface area contributed by atoms with E-state index in [-0.39, 0.29) is 11.9 Å². The summed E-state index contributed by atoms with van der Waals surface area (Å²) in [5.41, 5.74) is 4.12. The lowest BCUT2D eigenvalue weighted by Gasteiger charge is -2.18. The number of carbonyl (C=O) groups is 1. The van der Waals surface area contributed by atoms with Crippen LogP contribution in [0, 0.1) is 0 Å². The Labute approximate surface area is 106 Å². The van der Waals surface area contributed by atoms with Crippen LogP contribution in [-0.4, -0.2) is 15.5 Å². The fourth-order valence-corrected chi connectivity index (χ4v) is 2.27. The molecule has 1 aromatic carbocycles. The second-order valence-electron chi connectivity index (χ2n) is 4.17. The third kappa shape index (κ3) is 1.97. The van der Waals surface area contributed by atoms with Crippen LogP contribution in [-0.2, 0) is 11.2 Å². The molecular formula is C13H18N4O. The number of rotatable bonds is 4. The van der Waals surface area contributed by atoms with Gasteiger partial charge < -0.3 is 4.57 Å². The fourth-order valence-electron chi connectivity index (χ4n) is 2.27. The number of amides is 1. The van der Waals surface area contributed by atoms with Crippen LogP contribution < -0.4 is 11.3 Å². The molecule has 2 aromatic rings. The Bertz CT molecular complexity index is 561. The van der Waals surface area contributed by atoms with E-state index in [0.717, 1.165) is 23.3 Å². The Balaban J connectivity index is 2.63. The number of benzene rings is 1. The molecule has 1 unspecified atom stereocenters. The molecule has 18 heavy (non-hydrogen) atoms. The van der Waals surface area contributed by atoms with Crippen molar-refractivity contribution in [1.82, 2.24) is 15.0 Å². The first-order chi connectivity index (χ1) is 8.72. The van der Waals surface area contributed by atoms with Crippen molar-refractivity contribution in [2.24, 2.45) is 5.84 Å². The van der Waals surface area contributed by atoms with Crippen molar-refractivity contribution in [3.8, 4) is 0 Å². The Morgan fingerprint density at radius 2 is 2.17 bits per heavy atom. The zero-order valence-corrected chi connectivity index (χ0v) is 10.7. The highest BCUT2D eigenvalue weighted by molar-refractivity contribution is 5.84. The van der Waals surface area contributed by atoms with E-state index in [0.29, 0.717) is 6.42 Å². The number of nitrogens with zero attached hydrogens (tertiary/aromatic N) is 2. The molecule has 1 heterocycles. The van der Waals surface area contributed by atoms with E-state index in [4.69, 9.17) is 5.84 Å². The minimum atomic E-state index is -0.308. The number of fused-ring (bicyclic) bond motifs is 1. The van der Waals surface area contributed by atoms with Crippen LogP contribution in [0.2, 0.25) is 0 Å². The summed E-state index contributed by atoms with van der Waals surface area (Å²) >= 11 is 0. The first kappa shape index (κ1) is 12.6. The van der Waals surface area contributed by atoms with E-state index in [1.165, 1.54) is 0 Å². The number of carbonyl (C=O) groups excluding carboxylic acids is 1. The molecule has 1 atom stereocenters. The van der Waals surface area contributed by atoms with E-state index >= 15 is 0 Å². The van der Waals surface area contributed by atoms with Crippen LogP contribution in [0.3, 0.4) is 0 Å². The summed E-state index contributed by atoms with van der Waals surface area (Å²) in [4.78, 5) is 16.4. The number of hydrogen-bond donors (Lipinski definition) is 2. The molecule has 1 aromatic heterocycles. The van der Waals surface area contributed by atoms with Crippen LogP contribution in [0.15, 0.2) is 24.3 Å². The second-order valence-corrected chi connectivity index (χ2v) is 4.17. The van der Waals surface area contributed by atoms with E-state index < -0.39 is 0 Å². The topological polar surface area (TPSA) is 72.9 Å². The average molecular weight is 246 g/mol. The number of nitrogens with two attached hydrogens (primary N) is 1. The number of para-hydroxylation sites is 2. The van der Waals surface area contributed by atoms with Crippen molar-refractivity contribution in [3.63, 3.8) is 0 Å². The van der Waals surface area contributed by atoms with Crippen LogP contribution in [0.5, 0.6) is 0 Å². The summed E-state index contributed by atoms with van der Waals surface area (Å²) in [6.07, 6.45) is 1.46. The van der Waals surface area contributed by atoms with E-state index in [9.17, 15) is 4.79 Å². The van der Waals surface area contributed by atoms with Crippen molar-refractivity contribution in [3.05, 3.63) is 30.1 Å². The van der Waals surface area contributed by atoms with Gasteiger partial charge in [0.15, 0.2) is 0 Å². The van der Waals surface area contributed by atoms with Gasteiger partial charge in [-0.05, 0) is 18.6 Å². The lowest BCUT2D eigenvalue weighted by Crippen LogP contribution is -2.37. The van der Waals surface area contributed by atoms with Gasteiger partial charge in [-0.1, -0.05) is 26.0 Å². The van der Waals surface area contributed by atoms with Gasteiger partial charge in [0.1, 0.15) is 11.9 Å². The molecule has 0 aliphatic carbocycles. The largest absolute Gasteiger partial charge is 0.315 e. The zero-order chi connectivity index (χ0) is 13.1. The van der Waals surface area contributed by atoms with Gasteiger partial charge in [0, 0.05) is 6.42 Å². The van der Waals surface area contributed by atoms with Gasteiger partial charge in [-0.15, -0.1) is 0 Å². The second kappa shape index (κ2) is 5.18. The quantitative estimate of drug-likeness (QED) is 0.488. The molecule has 1 amide bonds. The number of hydrazine groups is 1. The van der Waals surface area contributed by atoms with E-state index in [1.807, 2.05) is 42.7 Å². The van der Waals surface area contributed by atoms with Gasteiger partial charge in [0.05, 0.1) is 11.0 Å². The Hall–Kier alpha value is -1.88. The minimum absolute atomic E-state index is 0.185. The van der Waals surface area contributed by atoms with Gasteiger partial charge in [0.2, 0.25) is 0 Å². The van der Waals surface area contributed by atoms with Gasteiger partial charge in [0.25, 0.3) is 5.91 Å². The number of aryl methyl sites for hydroxylation is 1. The monoisotopic (exact) mass is 246 g/mol. The molecule has 5 nitrogen and oxygen atoms in total. The highest BCUT2D eigenvalue weighted by Crippen LogP contribution is 2.23. The smallest absolute Gasteiger partial charge is 0.256 e. The van der Waals surface area contributed by atoms with Gasteiger partial charge in [-0.25, -0.2) is 10.8 Å². The standard InChI is InChI=1S/C13H18N4O/c1-3-10(13(18)16-14)17-11-8-6-5-7-9(11)15-12(17)4-2/h5-8,10H,3-4,14H2,1-2H3,(H,16,18). The van der Waals surface area contributed by atoms with Crippen molar-refractivity contribution < 1.29 is 4.79 Å². The summed E-state index contributed by atoms with van der Waals surface area (Å²) in [6, 6.07) is 7.53. The molecule has 0 spiro atoms. The van der Waals surface area contributed by atoms with Crippen molar-refractivity contribution >= 4 is 16.9 Å². The number of hydrogen-bond acceptors (Lipinski definition) is 3. The lowest BCUT2D eigenvalue weighted by atomic mass is 10.2. The molecule has 0 aliphatic heterocycles. The van der Waals surface area contributed by atoms with E-state index in [1.54, 1.807) is 0 Å². The molecule has 0 saturated carbocycles. The first-order valence-electron chi connectivity index (χ1n) is 6.19. The summed E-state index contributed by atoms with van der Waals surface area (Å²) in [7, 11) is 0. The van der Waals surface area contributed by atoms with Crippen LogP contribution in [0.4, 0.5) is 0 Å². The number of aromatic nitrogens is 2. The Morgan fingerprint density at radius 3 is 2.78 bits per heavy atom. The molecule has 0 radical (unpaired) electrons. The summed E-state index contributed by atoms with van der Waals surface area (Å²) in [5.74, 6) is 5.98. The minimum Gasteiger partial charge on any atom is -0.315 e. The van der Waals surface area contributed by atoms with Gasteiger partial charge in [-0.3, -0.25) is 10.2 Å². The fraction of sp³-hybridized carbons (Fsp3) is 0.385. The van der Waals surface area contributed by atoms with Crippen LogP contribution >= 0.6 is 0 Å². The third-order valence-electron chi connectivity index (χ3n) is 3.13. The molecule has 96 valence electrons. The molecule has 0 bridgehead atoms. The molecule has 5 heteroatoms. The summed E-state index contributed by atoms with van der Waals surface area (Å²) in [6.45, 7) is 4.00. The summed E-state index contributed by atoms with van der Waals surface area (Å²) in [5, 5.41) is 0. The van der Waals surface area contributed by atoms with Crippen LogP contribution in [0.25, 0.3) is 11.0 Å². The first-order valence-corrected chi connectivity index (χ1v) is 6.19. The zero-order valence-electron chi connectivity index (χ0n) is 10.7. The maximum absolute atomic E-state index is 11.9. The molecular weight excluding hydrogens is 228 g/mol. The summed E-state index contributed by atoms with van der Waals surface area (Å²) < 4.78 is 1.98. The normalized spacial score (nSPS) is 12.6. The third-order valence-corrected chi connectivity index (χ3v) is 3.13. The SMILES string of the molecule is CCc1nc2ccccc2n1C(CC)C(=O)NN. The number of nitrogens with one attached hydrogen (secondary N) is 1. The highest BCUT2D eigenvalue weighted by atomic mass is 16.2. The predicted molar refractivity (Wildman–Crippen MR) is 70.8 cm³/mol. The van der Waals surface area contributed by atoms with E-state index in [2.05, 4.69) is 10.4 Å². The van der Waals surface area contributed by atoms with Crippen molar-refractivity contribution in [2.75, 3.05) is 0 Å². The van der Waals surface area contributed by atoms with Crippen molar-refractivity contribution in [1.29, 1.82) is 0 Å². The molecule has 3 N–H and O–H groups in total. The molecule has 0 saturated heterocycles. The van der Waals surface area contributed by atoms with Gasteiger partial charge >= 0.3 is 0 Å². The van der Waals surface area contributed by atoms with Crippen molar-refractivity contribution in [2.45, 2.75) is 32.7 Å². The average Bonchev–Trinajstić information content (AvgIpc) is 2.78. The predicted octanol–water partition coefficient (Wildman–Crippen LogP) is 1.54. The Kier molecular flexibility index (Phi) is 3.62. The molecule has 2 rings (SSSR count). The molecule has 0 aliphatic rings.